The molecule has 4 rings (SSSR count). The molecule has 3 aromatic rings. The van der Waals surface area contributed by atoms with Crippen molar-refractivity contribution >= 4 is 37.1 Å². The van der Waals surface area contributed by atoms with Crippen molar-refractivity contribution in [2.24, 2.45) is 5.10 Å². The van der Waals surface area contributed by atoms with Crippen molar-refractivity contribution in [3.63, 3.8) is 0 Å². The van der Waals surface area contributed by atoms with Crippen LogP contribution in [0.25, 0.3) is 0 Å². The molecule has 3 aromatic carbocycles. The number of nitro groups is 1. The van der Waals surface area contributed by atoms with E-state index < -0.39 is 36.8 Å². The average molecular weight is 533 g/mol. The van der Waals surface area contributed by atoms with Crippen molar-refractivity contribution in [3.8, 4) is 0 Å². The van der Waals surface area contributed by atoms with E-state index in [-0.39, 0.29) is 28.3 Å². The highest BCUT2D eigenvalue weighted by atomic mass is 32.2. The number of hydrogen-bond acceptors (Lipinski definition) is 7. The minimum atomic E-state index is -4.31. The summed E-state index contributed by atoms with van der Waals surface area (Å²) in [5.41, 5.74) is 1.05. The Labute approximate surface area is 207 Å². The quantitative estimate of drug-likeness (QED) is 0.343. The Balaban J connectivity index is 1.77. The summed E-state index contributed by atoms with van der Waals surface area (Å²) in [6, 6.07) is 15.2. The second-order valence-electron chi connectivity index (χ2n) is 7.90. The molecule has 1 aliphatic heterocycles. The third-order valence-corrected chi connectivity index (χ3v) is 8.60. The Kier molecular flexibility index (Phi) is 6.78. The first-order valence-electron chi connectivity index (χ1n) is 10.7. The lowest BCUT2D eigenvalue weighted by atomic mass is 9.98. The van der Waals surface area contributed by atoms with Gasteiger partial charge in [-0.15, -0.1) is 0 Å². The van der Waals surface area contributed by atoms with Crippen LogP contribution in [0.2, 0.25) is 0 Å². The normalized spacial score (nSPS) is 16.0. The maximum Gasteiger partial charge on any atom is 0.279 e. The van der Waals surface area contributed by atoms with Gasteiger partial charge in [0.05, 0.1) is 26.8 Å². The summed E-state index contributed by atoms with van der Waals surface area (Å²) in [6.07, 6.45) is 0.0192. The van der Waals surface area contributed by atoms with Crippen LogP contribution in [0.4, 0.5) is 15.8 Å². The van der Waals surface area contributed by atoms with E-state index in [2.05, 4.69) is 9.82 Å². The van der Waals surface area contributed by atoms with Crippen LogP contribution in [0, 0.1) is 15.9 Å². The second-order valence-corrected chi connectivity index (χ2v) is 11.7. The molecule has 1 N–H and O–H groups in total. The molecule has 1 heterocycles. The van der Waals surface area contributed by atoms with Crippen molar-refractivity contribution in [1.29, 1.82) is 0 Å². The van der Waals surface area contributed by atoms with E-state index >= 15 is 0 Å². The van der Waals surface area contributed by atoms with Crippen molar-refractivity contribution < 1.29 is 26.1 Å². The van der Waals surface area contributed by atoms with Gasteiger partial charge in [0.2, 0.25) is 10.0 Å². The van der Waals surface area contributed by atoms with Gasteiger partial charge in [-0.1, -0.05) is 24.3 Å². The minimum Gasteiger partial charge on any atom is -0.284 e. The first-order chi connectivity index (χ1) is 17.0. The molecule has 0 unspecified atom stereocenters. The van der Waals surface area contributed by atoms with Crippen LogP contribution >= 0.6 is 0 Å². The number of halogens is 1. The molecule has 0 fully saturated rings. The highest BCUT2D eigenvalue weighted by Crippen LogP contribution is 2.40. The maximum atomic E-state index is 13.5. The van der Waals surface area contributed by atoms with E-state index in [1.165, 1.54) is 37.3 Å². The molecule has 0 radical (unpaired) electrons. The Bertz CT molecular complexity index is 1540. The van der Waals surface area contributed by atoms with Crippen molar-refractivity contribution in [2.45, 2.75) is 24.3 Å². The fourth-order valence-electron chi connectivity index (χ4n) is 3.75. The number of hydrogen-bond donors (Lipinski definition) is 1. The predicted octanol–water partition coefficient (Wildman–Crippen LogP) is 4.04. The van der Waals surface area contributed by atoms with Crippen molar-refractivity contribution in [3.05, 3.63) is 99.9 Å². The largest absolute Gasteiger partial charge is 0.284 e. The first kappa shape index (κ1) is 25.3. The van der Waals surface area contributed by atoms with Gasteiger partial charge in [-0.25, -0.2) is 12.8 Å². The molecule has 0 bridgehead atoms. The topological polar surface area (TPSA) is 139 Å². The van der Waals surface area contributed by atoms with Gasteiger partial charge < -0.3 is 0 Å². The maximum absolute atomic E-state index is 13.5. The van der Waals surface area contributed by atoms with E-state index in [1.807, 2.05) is 0 Å². The molecule has 0 saturated heterocycles. The van der Waals surface area contributed by atoms with E-state index in [1.54, 1.807) is 18.2 Å². The number of sulfonamides is 2. The third kappa shape index (κ3) is 5.06. The predicted molar refractivity (Wildman–Crippen MR) is 132 cm³/mol. The fourth-order valence-corrected chi connectivity index (χ4v) is 5.81. The molecule has 1 atom stereocenters. The van der Waals surface area contributed by atoms with Crippen LogP contribution in [0.3, 0.4) is 0 Å². The number of nitrogens with one attached hydrogen (secondary N) is 1. The number of para-hydroxylation sites is 1. The van der Waals surface area contributed by atoms with Crippen molar-refractivity contribution in [2.75, 3.05) is 10.5 Å². The summed E-state index contributed by atoms with van der Waals surface area (Å²) < 4.78 is 67.3. The lowest BCUT2D eigenvalue weighted by Crippen LogP contribution is -2.27. The Hall–Kier alpha value is -3.84. The standard InChI is InChI=1S/C23H21FN4O6S2/c1-2-35(31,32)26-18-11-7-16(8-12-18)21-15-23(20-5-3-4-6-22(20)28(29)30)27(25-21)36(33,34)19-13-9-17(24)10-14-19/h3-14,23,26H,2,15H2,1H3/t23-/m1/s1. The van der Waals surface area contributed by atoms with E-state index in [0.717, 1.165) is 28.7 Å². The highest BCUT2D eigenvalue weighted by Gasteiger charge is 2.40. The smallest absolute Gasteiger partial charge is 0.279 e. The molecular formula is C23H21FN4O6S2. The molecule has 188 valence electrons. The zero-order chi connectivity index (χ0) is 26.1. The van der Waals surface area contributed by atoms with Crippen LogP contribution in [0.1, 0.15) is 30.5 Å². The van der Waals surface area contributed by atoms with Crippen LogP contribution in [-0.4, -0.2) is 37.6 Å². The highest BCUT2D eigenvalue weighted by molar-refractivity contribution is 7.92. The fraction of sp³-hybridized carbons (Fsp3) is 0.174. The zero-order valence-corrected chi connectivity index (χ0v) is 20.5. The number of benzene rings is 3. The van der Waals surface area contributed by atoms with Crippen LogP contribution in [-0.2, 0) is 20.0 Å². The Morgan fingerprint density at radius 1 is 1.03 bits per heavy atom. The number of nitro benzene ring substituents is 1. The van der Waals surface area contributed by atoms with Gasteiger partial charge in [0.15, 0.2) is 0 Å². The monoisotopic (exact) mass is 532 g/mol. The molecule has 36 heavy (non-hydrogen) atoms. The number of nitrogens with zero attached hydrogens (tertiary/aromatic N) is 3. The summed E-state index contributed by atoms with van der Waals surface area (Å²) in [4.78, 5) is 10.9. The van der Waals surface area contributed by atoms with Crippen LogP contribution < -0.4 is 4.72 Å². The summed E-state index contributed by atoms with van der Waals surface area (Å²) in [5.74, 6) is -0.719. The Morgan fingerprint density at radius 3 is 2.28 bits per heavy atom. The van der Waals surface area contributed by atoms with Gasteiger partial charge in [-0.05, 0) is 55.0 Å². The van der Waals surface area contributed by atoms with Gasteiger partial charge in [0.25, 0.3) is 15.7 Å². The van der Waals surface area contributed by atoms with Gasteiger partial charge in [0, 0.05) is 18.2 Å². The first-order valence-corrected chi connectivity index (χ1v) is 13.8. The molecule has 0 spiro atoms. The van der Waals surface area contributed by atoms with E-state index in [9.17, 15) is 31.3 Å². The third-order valence-electron chi connectivity index (χ3n) is 5.59. The van der Waals surface area contributed by atoms with E-state index in [4.69, 9.17) is 0 Å². The zero-order valence-electron chi connectivity index (χ0n) is 18.9. The molecule has 0 aromatic heterocycles. The molecular weight excluding hydrogens is 511 g/mol. The molecule has 0 aliphatic carbocycles. The van der Waals surface area contributed by atoms with Gasteiger partial charge in [-0.2, -0.15) is 17.9 Å². The summed E-state index contributed by atoms with van der Waals surface area (Å²) in [5, 5.41) is 16.0. The minimum absolute atomic E-state index is 0.0192. The molecule has 0 amide bonds. The molecule has 1 aliphatic rings. The summed E-state index contributed by atoms with van der Waals surface area (Å²) in [6.45, 7) is 1.50. The SMILES string of the molecule is CCS(=O)(=O)Nc1ccc(C2=NN(S(=O)(=O)c3ccc(F)cc3)[C@@H](c3ccccc3[N+](=O)[O-])C2)cc1. The molecule has 10 nitrogen and oxygen atoms in total. The van der Waals surface area contributed by atoms with Crippen LogP contribution in [0.15, 0.2) is 82.8 Å². The Morgan fingerprint density at radius 2 is 1.67 bits per heavy atom. The lowest BCUT2D eigenvalue weighted by Gasteiger charge is -2.23. The van der Waals surface area contributed by atoms with Gasteiger partial charge >= 0.3 is 0 Å². The number of anilines is 1. The van der Waals surface area contributed by atoms with Gasteiger partial charge in [0.1, 0.15) is 11.9 Å². The summed E-state index contributed by atoms with van der Waals surface area (Å²) >= 11 is 0. The van der Waals surface area contributed by atoms with E-state index in [0.29, 0.717) is 17.0 Å². The lowest BCUT2D eigenvalue weighted by molar-refractivity contribution is -0.385. The second kappa shape index (κ2) is 9.66. The van der Waals surface area contributed by atoms with Crippen LogP contribution in [0.5, 0.6) is 0 Å². The number of rotatable bonds is 8. The molecule has 13 heteroatoms. The average Bonchev–Trinajstić information content (AvgIpc) is 3.31. The van der Waals surface area contributed by atoms with Gasteiger partial charge in [-0.3, -0.25) is 14.8 Å². The number of hydrazone groups is 1. The molecule has 0 saturated carbocycles. The van der Waals surface area contributed by atoms with Crippen molar-refractivity contribution in [1.82, 2.24) is 4.41 Å². The summed E-state index contributed by atoms with van der Waals surface area (Å²) in [7, 11) is -7.79.